The molecule has 68 valence electrons. The van der Waals surface area contributed by atoms with Gasteiger partial charge in [0.25, 0.3) is 0 Å². The fourth-order valence-electron chi connectivity index (χ4n) is 1.05. The average molecular weight is 195 g/mol. The van der Waals surface area contributed by atoms with Crippen LogP contribution in [-0.4, -0.2) is 6.54 Å². The summed E-state index contributed by atoms with van der Waals surface area (Å²) in [5.41, 5.74) is 2.18. The quantitative estimate of drug-likeness (QED) is 0.592. The molecule has 1 aromatic rings. The Kier molecular flexibility index (Phi) is 3.75. The topological polar surface area (TPSA) is 35.8 Å². The summed E-state index contributed by atoms with van der Waals surface area (Å²) in [4.78, 5) is 0. The van der Waals surface area contributed by atoms with E-state index in [-0.39, 0.29) is 0 Å². The van der Waals surface area contributed by atoms with Crippen LogP contribution < -0.4 is 5.32 Å². The Morgan fingerprint density at radius 1 is 1.54 bits per heavy atom. The van der Waals surface area contributed by atoms with Crippen molar-refractivity contribution in [3.63, 3.8) is 0 Å². The summed E-state index contributed by atoms with van der Waals surface area (Å²) in [6.07, 6.45) is 0. The zero-order valence-electron chi connectivity index (χ0n) is 7.47. The van der Waals surface area contributed by atoms with Gasteiger partial charge in [-0.05, 0) is 24.1 Å². The van der Waals surface area contributed by atoms with Gasteiger partial charge < -0.3 is 5.32 Å². The second-order valence-corrected chi connectivity index (χ2v) is 3.26. The lowest BCUT2D eigenvalue weighted by molar-refractivity contribution is 0.765. The molecule has 0 aliphatic heterocycles. The number of hydrogen-bond donors (Lipinski definition) is 1. The highest BCUT2D eigenvalue weighted by Crippen LogP contribution is 2.16. The summed E-state index contributed by atoms with van der Waals surface area (Å²) >= 11 is 5.99. The van der Waals surface area contributed by atoms with Crippen LogP contribution in [0.3, 0.4) is 0 Å². The van der Waals surface area contributed by atoms with E-state index >= 15 is 0 Å². The van der Waals surface area contributed by atoms with Gasteiger partial charge in [0, 0.05) is 11.6 Å². The molecule has 0 spiro atoms. The van der Waals surface area contributed by atoms with Gasteiger partial charge in [-0.3, -0.25) is 0 Å². The number of aryl methyl sites for hydroxylation is 1. The Balaban J connectivity index is 2.62. The molecule has 0 amide bonds. The van der Waals surface area contributed by atoms with E-state index in [0.717, 1.165) is 16.1 Å². The van der Waals surface area contributed by atoms with Crippen molar-refractivity contribution in [3.05, 3.63) is 34.3 Å². The summed E-state index contributed by atoms with van der Waals surface area (Å²) in [7, 11) is 0. The summed E-state index contributed by atoms with van der Waals surface area (Å²) in [5, 5.41) is 12.0. The molecule has 13 heavy (non-hydrogen) atoms. The van der Waals surface area contributed by atoms with Crippen molar-refractivity contribution in [1.82, 2.24) is 5.32 Å². The number of nitriles is 1. The molecular weight excluding hydrogens is 184 g/mol. The van der Waals surface area contributed by atoms with Crippen molar-refractivity contribution < 1.29 is 0 Å². The van der Waals surface area contributed by atoms with Gasteiger partial charge in [0.05, 0.1) is 12.6 Å². The zero-order chi connectivity index (χ0) is 9.68. The van der Waals surface area contributed by atoms with Crippen LogP contribution in [-0.2, 0) is 6.54 Å². The van der Waals surface area contributed by atoms with Crippen LogP contribution in [0.2, 0.25) is 5.02 Å². The molecule has 1 aromatic carbocycles. The highest BCUT2D eigenvalue weighted by Gasteiger charge is 1.98. The van der Waals surface area contributed by atoms with Gasteiger partial charge in [0.1, 0.15) is 0 Å². The number of benzene rings is 1. The van der Waals surface area contributed by atoms with Crippen molar-refractivity contribution in [2.75, 3.05) is 6.54 Å². The molecule has 0 atom stereocenters. The maximum atomic E-state index is 8.31. The highest BCUT2D eigenvalue weighted by atomic mass is 35.5. The first-order valence-electron chi connectivity index (χ1n) is 4.06. The monoisotopic (exact) mass is 194 g/mol. The molecule has 1 N–H and O–H groups in total. The summed E-state index contributed by atoms with van der Waals surface area (Å²) in [6, 6.07) is 7.92. The van der Waals surface area contributed by atoms with Crippen molar-refractivity contribution in [3.8, 4) is 6.07 Å². The van der Waals surface area contributed by atoms with Crippen molar-refractivity contribution in [2.45, 2.75) is 13.5 Å². The third kappa shape index (κ3) is 3.06. The Morgan fingerprint density at radius 2 is 2.31 bits per heavy atom. The molecule has 0 radical (unpaired) electrons. The predicted octanol–water partition coefficient (Wildman–Crippen LogP) is 2.26. The molecule has 3 heteroatoms. The maximum Gasteiger partial charge on any atom is 0.0843 e. The lowest BCUT2D eigenvalue weighted by atomic mass is 10.1. The van der Waals surface area contributed by atoms with Gasteiger partial charge in [-0.25, -0.2) is 0 Å². The molecule has 0 bridgehead atoms. The number of nitrogens with zero attached hydrogens (tertiary/aromatic N) is 1. The third-order valence-electron chi connectivity index (χ3n) is 1.73. The molecule has 0 fully saturated rings. The molecule has 1 rings (SSSR count). The smallest absolute Gasteiger partial charge is 0.0843 e. The lowest BCUT2D eigenvalue weighted by Crippen LogP contribution is -2.13. The second-order valence-electron chi connectivity index (χ2n) is 2.86. The first-order chi connectivity index (χ1) is 6.24. The summed E-state index contributed by atoms with van der Waals surface area (Å²) in [5.74, 6) is 0. The third-order valence-corrected chi connectivity index (χ3v) is 2.08. The number of hydrogen-bond acceptors (Lipinski definition) is 2. The van der Waals surface area contributed by atoms with Crippen LogP contribution in [0.4, 0.5) is 0 Å². The molecular formula is C10H11ClN2. The van der Waals surface area contributed by atoms with E-state index < -0.39 is 0 Å². The van der Waals surface area contributed by atoms with E-state index in [2.05, 4.69) is 5.32 Å². The molecule has 0 aliphatic carbocycles. The normalized spacial score (nSPS) is 9.62. The van der Waals surface area contributed by atoms with Gasteiger partial charge in [-0.2, -0.15) is 5.26 Å². The largest absolute Gasteiger partial charge is 0.300 e. The minimum Gasteiger partial charge on any atom is -0.300 e. The Morgan fingerprint density at radius 3 is 2.92 bits per heavy atom. The first-order valence-corrected chi connectivity index (χ1v) is 4.44. The van der Waals surface area contributed by atoms with E-state index in [4.69, 9.17) is 16.9 Å². The van der Waals surface area contributed by atoms with Crippen molar-refractivity contribution in [2.24, 2.45) is 0 Å². The fourth-order valence-corrected chi connectivity index (χ4v) is 1.35. The Hall–Kier alpha value is -1.04. The minimum atomic E-state index is 0.351. The lowest BCUT2D eigenvalue weighted by Gasteiger charge is -2.04. The first kappa shape index (κ1) is 10.0. The van der Waals surface area contributed by atoms with Crippen LogP contribution in [0.15, 0.2) is 18.2 Å². The van der Waals surface area contributed by atoms with Gasteiger partial charge in [0.15, 0.2) is 0 Å². The van der Waals surface area contributed by atoms with Crippen molar-refractivity contribution >= 4 is 11.6 Å². The molecule has 0 heterocycles. The zero-order valence-corrected chi connectivity index (χ0v) is 8.23. The van der Waals surface area contributed by atoms with Crippen LogP contribution in [0, 0.1) is 18.3 Å². The number of nitrogens with one attached hydrogen (secondary N) is 1. The molecule has 2 nitrogen and oxygen atoms in total. The van der Waals surface area contributed by atoms with Crippen LogP contribution in [0.25, 0.3) is 0 Å². The van der Waals surface area contributed by atoms with Gasteiger partial charge >= 0.3 is 0 Å². The molecule has 0 unspecified atom stereocenters. The van der Waals surface area contributed by atoms with Crippen LogP contribution in [0.1, 0.15) is 11.1 Å². The van der Waals surface area contributed by atoms with E-state index in [1.807, 2.05) is 31.2 Å². The van der Waals surface area contributed by atoms with Gasteiger partial charge in [-0.1, -0.05) is 23.7 Å². The number of halogens is 1. The fraction of sp³-hybridized carbons (Fsp3) is 0.300. The van der Waals surface area contributed by atoms with Crippen LogP contribution >= 0.6 is 11.6 Å². The molecule has 0 saturated carbocycles. The van der Waals surface area contributed by atoms with E-state index in [0.29, 0.717) is 13.1 Å². The summed E-state index contributed by atoms with van der Waals surface area (Å²) in [6.45, 7) is 3.00. The molecule has 0 aliphatic rings. The van der Waals surface area contributed by atoms with E-state index in [9.17, 15) is 0 Å². The maximum absolute atomic E-state index is 8.31. The Bertz CT molecular complexity index is 328. The van der Waals surface area contributed by atoms with Crippen molar-refractivity contribution in [1.29, 1.82) is 5.26 Å². The Labute approximate surface area is 83.1 Å². The second kappa shape index (κ2) is 4.86. The minimum absolute atomic E-state index is 0.351. The van der Waals surface area contributed by atoms with Crippen LogP contribution in [0.5, 0.6) is 0 Å². The standard InChI is InChI=1S/C10H11ClN2/c1-8-2-3-9(10(11)6-8)7-13-5-4-12/h2-3,6,13H,5,7H2,1H3. The highest BCUT2D eigenvalue weighted by molar-refractivity contribution is 6.31. The average Bonchev–Trinajstić information content (AvgIpc) is 2.09. The molecule has 0 aromatic heterocycles. The molecule has 0 saturated heterocycles. The predicted molar refractivity (Wildman–Crippen MR) is 53.5 cm³/mol. The number of rotatable bonds is 3. The van der Waals surface area contributed by atoms with E-state index in [1.165, 1.54) is 0 Å². The SMILES string of the molecule is Cc1ccc(CNCC#N)c(Cl)c1. The van der Waals surface area contributed by atoms with Gasteiger partial charge in [-0.15, -0.1) is 0 Å². The van der Waals surface area contributed by atoms with E-state index in [1.54, 1.807) is 0 Å². The van der Waals surface area contributed by atoms with Gasteiger partial charge in [0.2, 0.25) is 0 Å². The summed E-state index contributed by atoms with van der Waals surface area (Å²) < 4.78 is 0.